The highest BCUT2D eigenvalue weighted by Gasteiger charge is 2.28. The Bertz CT molecular complexity index is 432. The largest absolute Gasteiger partial charge is 0.299 e. The first-order chi connectivity index (χ1) is 8.86. The van der Waals surface area contributed by atoms with Crippen LogP contribution >= 0.6 is 23.2 Å². The lowest BCUT2D eigenvalue weighted by Crippen LogP contribution is -2.37. The molecule has 0 atom stereocenters. The minimum absolute atomic E-state index is 0.422. The van der Waals surface area contributed by atoms with E-state index in [9.17, 15) is 0 Å². The summed E-state index contributed by atoms with van der Waals surface area (Å²) in [5.74, 6) is 0.822. The number of pyridine rings is 1. The standard InChI is InChI=1S/C15H22Cl2N2/c1-15(2,3)12-6-8-19(9-7-12)10-11-4-5-13(16)18-14(11)17/h4-5,12H,6-10H2,1-3H3. The average Bonchev–Trinajstić information content (AvgIpc) is 2.32. The van der Waals surface area contributed by atoms with Gasteiger partial charge in [0.15, 0.2) is 0 Å². The quantitative estimate of drug-likeness (QED) is 0.739. The van der Waals surface area contributed by atoms with E-state index < -0.39 is 0 Å². The molecule has 0 amide bonds. The molecule has 2 rings (SSSR count). The summed E-state index contributed by atoms with van der Waals surface area (Å²) < 4.78 is 0. The third-order valence-corrected chi connectivity index (χ3v) is 4.64. The normalized spacial score (nSPS) is 18.8. The number of aromatic nitrogens is 1. The van der Waals surface area contributed by atoms with Crippen LogP contribution < -0.4 is 0 Å². The molecule has 0 N–H and O–H groups in total. The van der Waals surface area contributed by atoms with Crippen LogP contribution in [0.4, 0.5) is 0 Å². The zero-order chi connectivity index (χ0) is 14.0. The molecule has 2 heterocycles. The maximum Gasteiger partial charge on any atom is 0.135 e. The van der Waals surface area contributed by atoms with Crippen LogP contribution in [-0.4, -0.2) is 23.0 Å². The Kier molecular flexibility index (Phi) is 4.75. The molecule has 0 spiro atoms. The van der Waals surface area contributed by atoms with Crippen LogP contribution in [0.2, 0.25) is 10.3 Å². The molecule has 1 aromatic rings. The number of hydrogen-bond donors (Lipinski definition) is 0. The first-order valence-corrected chi connectivity index (χ1v) is 7.65. The Labute approximate surface area is 126 Å². The van der Waals surface area contributed by atoms with Gasteiger partial charge in [0.1, 0.15) is 10.3 Å². The van der Waals surface area contributed by atoms with E-state index >= 15 is 0 Å². The van der Waals surface area contributed by atoms with Crippen LogP contribution in [0.15, 0.2) is 12.1 Å². The number of nitrogens with zero attached hydrogens (tertiary/aromatic N) is 2. The van der Waals surface area contributed by atoms with Crippen molar-refractivity contribution in [2.75, 3.05) is 13.1 Å². The minimum Gasteiger partial charge on any atom is -0.299 e. The maximum absolute atomic E-state index is 6.13. The third kappa shape index (κ3) is 4.08. The number of likely N-dealkylation sites (tertiary alicyclic amines) is 1. The summed E-state index contributed by atoms with van der Waals surface area (Å²) in [6.45, 7) is 10.2. The van der Waals surface area contributed by atoms with Crippen LogP contribution in [0.1, 0.15) is 39.2 Å². The molecule has 0 aromatic carbocycles. The van der Waals surface area contributed by atoms with Gasteiger partial charge >= 0.3 is 0 Å². The molecule has 1 saturated heterocycles. The predicted octanol–water partition coefficient (Wildman–Crippen LogP) is 4.65. The van der Waals surface area contributed by atoms with E-state index in [1.54, 1.807) is 0 Å². The predicted molar refractivity (Wildman–Crippen MR) is 81.7 cm³/mol. The van der Waals surface area contributed by atoms with Crippen molar-refractivity contribution in [1.29, 1.82) is 0 Å². The fourth-order valence-corrected chi connectivity index (χ4v) is 3.16. The van der Waals surface area contributed by atoms with Gasteiger partial charge in [-0.1, -0.05) is 50.0 Å². The number of rotatable bonds is 2. The summed E-state index contributed by atoms with van der Waals surface area (Å²) >= 11 is 11.9. The molecule has 2 nitrogen and oxygen atoms in total. The van der Waals surface area contributed by atoms with Crippen LogP contribution in [0.3, 0.4) is 0 Å². The van der Waals surface area contributed by atoms with Gasteiger partial charge in [-0.05, 0) is 43.3 Å². The highest BCUT2D eigenvalue weighted by atomic mass is 35.5. The Morgan fingerprint density at radius 1 is 1.21 bits per heavy atom. The first-order valence-electron chi connectivity index (χ1n) is 6.89. The Hall–Kier alpha value is -0.310. The highest BCUT2D eigenvalue weighted by Crippen LogP contribution is 2.34. The zero-order valence-electron chi connectivity index (χ0n) is 11.9. The Morgan fingerprint density at radius 3 is 2.37 bits per heavy atom. The van der Waals surface area contributed by atoms with E-state index in [0.29, 0.717) is 15.7 Å². The zero-order valence-corrected chi connectivity index (χ0v) is 13.4. The lowest BCUT2D eigenvalue weighted by atomic mass is 9.75. The average molecular weight is 301 g/mol. The second-order valence-electron chi connectivity index (χ2n) is 6.50. The van der Waals surface area contributed by atoms with Gasteiger partial charge in [0.25, 0.3) is 0 Å². The van der Waals surface area contributed by atoms with Crippen molar-refractivity contribution in [3.63, 3.8) is 0 Å². The van der Waals surface area contributed by atoms with Crippen molar-refractivity contribution in [3.05, 3.63) is 28.0 Å². The van der Waals surface area contributed by atoms with Crippen LogP contribution in [0, 0.1) is 11.3 Å². The summed E-state index contributed by atoms with van der Waals surface area (Å²) in [6, 6.07) is 3.79. The van der Waals surface area contributed by atoms with E-state index in [-0.39, 0.29) is 0 Å². The summed E-state index contributed by atoms with van der Waals surface area (Å²) in [4.78, 5) is 6.55. The molecule has 19 heavy (non-hydrogen) atoms. The molecule has 1 aromatic heterocycles. The summed E-state index contributed by atoms with van der Waals surface area (Å²) in [5.41, 5.74) is 1.49. The van der Waals surface area contributed by atoms with Crippen molar-refractivity contribution in [1.82, 2.24) is 9.88 Å². The van der Waals surface area contributed by atoms with Gasteiger partial charge in [0.05, 0.1) is 0 Å². The van der Waals surface area contributed by atoms with Crippen molar-refractivity contribution in [3.8, 4) is 0 Å². The van der Waals surface area contributed by atoms with E-state index in [4.69, 9.17) is 23.2 Å². The van der Waals surface area contributed by atoms with Crippen LogP contribution in [-0.2, 0) is 6.54 Å². The van der Waals surface area contributed by atoms with Gasteiger partial charge in [0, 0.05) is 12.1 Å². The summed E-state index contributed by atoms with van der Waals surface area (Å²) in [6.07, 6.45) is 2.53. The highest BCUT2D eigenvalue weighted by molar-refractivity contribution is 6.32. The topological polar surface area (TPSA) is 16.1 Å². The Balaban J connectivity index is 1.92. The van der Waals surface area contributed by atoms with E-state index in [2.05, 4.69) is 30.7 Å². The molecule has 0 aliphatic carbocycles. The minimum atomic E-state index is 0.422. The number of hydrogen-bond acceptors (Lipinski definition) is 2. The molecular weight excluding hydrogens is 279 g/mol. The van der Waals surface area contributed by atoms with Gasteiger partial charge in [-0.15, -0.1) is 0 Å². The fraction of sp³-hybridized carbons (Fsp3) is 0.667. The lowest BCUT2D eigenvalue weighted by Gasteiger charge is -2.38. The molecule has 0 radical (unpaired) electrons. The third-order valence-electron chi connectivity index (χ3n) is 4.10. The van der Waals surface area contributed by atoms with Gasteiger partial charge in [-0.25, -0.2) is 4.98 Å². The van der Waals surface area contributed by atoms with E-state index in [1.165, 1.54) is 12.8 Å². The summed E-state index contributed by atoms with van der Waals surface area (Å²) in [5, 5.41) is 0.991. The van der Waals surface area contributed by atoms with E-state index in [0.717, 1.165) is 31.1 Å². The molecule has 0 unspecified atom stereocenters. The van der Waals surface area contributed by atoms with Gasteiger partial charge in [-0.2, -0.15) is 0 Å². The van der Waals surface area contributed by atoms with Gasteiger partial charge < -0.3 is 0 Å². The molecular formula is C15H22Cl2N2. The molecule has 106 valence electrons. The Morgan fingerprint density at radius 2 is 1.84 bits per heavy atom. The maximum atomic E-state index is 6.13. The molecule has 1 aliphatic rings. The molecule has 1 aliphatic heterocycles. The fourth-order valence-electron chi connectivity index (χ4n) is 2.76. The smallest absolute Gasteiger partial charge is 0.135 e. The van der Waals surface area contributed by atoms with E-state index in [1.807, 2.05) is 12.1 Å². The van der Waals surface area contributed by atoms with Crippen LogP contribution in [0.25, 0.3) is 0 Å². The van der Waals surface area contributed by atoms with Crippen LogP contribution in [0.5, 0.6) is 0 Å². The SMILES string of the molecule is CC(C)(C)C1CCN(Cc2ccc(Cl)nc2Cl)CC1. The monoisotopic (exact) mass is 300 g/mol. The summed E-state index contributed by atoms with van der Waals surface area (Å²) in [7, 11) is 0. The number of halogens is 2. The van der Waals surface area contributed by atoms with Gasteiger partial charge in [0.2, 0.25) is 0 Å². The van der Waals surface area contributed by atoms with Crippen molar-refractivity contribution in [2.24, 2.45) is 11.3 Å². The van der Waals surface area contributed by atoms with Crippen molar-refractivity contribution in [2.45, 2.75) is 40.2 Å². The second kappa shape index (κ2) is 5.99. The molecule has 1 fully saturated rings. The van der Waals surface area contributed by atoms with Crippen molar-refractivity contribution >= 4 is 23.2 Å². The molecule has 0 bridgehead atoms. The second-order valence-corrected chi connectivity index (χ2v) is 7.25. The first kappa shape index (κ1) is 15.1. The van der Waals surface area contributed by atoms with Gasteiger partial charge in [-0.3, -0.25) is 4.90 Å². The number of piperidine rings is 1. The van der Waals surface area contributed by atoms with Crippen molar-refractivity contribution < 1.29 is 0 Å². The molecule has 0 saturated carbocycles. The lowest BCUT2D eigenvalue weighted by molar-refractivity contribution is 0.108. The molecule has 4 heteroatoms.